The molecule has 3 atom stereocenters. The molecule has 1 aliphatic carbocycles. The molecule has 0 aliphatic heterocycles. The second kappa shape index (κ2) is 5.55. The van der Waals surface area contributed by atoms with Gasteiger partial charge in [0.05, 0.1) is 6.10 Å². The number of aliphatic hydroxyl groups is 1. The van der Waals surface area contributed by atoms with Gasteiger partial charge in [0.25, 0.3) is 0 Å². The van der Waals surface area contributed by atoms with E-state index in [1.54, 1.807) is 0 Å². The Morgan fingerprint density at radius 1 is 1.46 bits per heavy atom. The molecular formula is C10H19FO2. The molecule has 0 saturated heterocycles. The summed E-state index contributed by atoms with van der Waals surface area (Å²) in [6.07, 6.45) is 1.92. The third-order valence-electron chi connectivity index (χ3n) is 2.55. The lowest BCUT2D eigenvalue weighted by Crippen LogP contribution is -2.40. The Morgan fingerprint density at radius 3 is 2.92 bits per heavy atom. The molecule has 0 radical (unpaired) electrons. The van der Waals surface area contributed by atoms with Crippen LogP contribution in [0, 0.1) is 0 Å². The quantitative estimate of drug-likeness (QED) is 0.687. The van der Waals surface area contributed by atoms with Gasteiger partial charge in [0.1, 0.15) is 12.3 Å². The minimum Gasteiger partial charge on any atom is -0.387 e. The summed E-state index contributed by atoms with van der Waals surface area (Å²) in [6, 6.07) is 0. The number of ether oxygens (including phenoxy) is 1. The third kappa shape index (κ3) is 3.24. The molecule has 1 rings (SSSR count). The molecule has 3 heteroatoms. The Bertz CT molecular complexity index is 141. The average Bonchev–Trinajstić information content (AvgIpc) is 2.13. The van der Waals surface area contributed by atoms with Crippen LogP contribution in [-0.2, 0) is 4.74 Å². The van der Waals surface area contributed by atoms with Crippen molar-refractivity contribution in [2.45, 2.75) is 57.4 Å². The van der Waals surface area contributed by atoms with E-state index >= 15 is 0 Å². The molecule has 1 aliphatic rings. The Kier molecular flexibility index (Phi) is 4.67. The highest BCUT2D eigenvalue weighted by atomic mass is 19.1. The average molecular weight is 190 g/mol. The molecule has 0 unspecified atom stereocenters. The lowest BCUT2D eigenvalue weighted by atomic mass is 9.93. The van der Waals surface area contributed by atoms with E-state index < -0.39 is 12.3 Å². The van der Waals surface area contributed by atoms with Crippen molar-refractivity contribution in [1.82, 2.24) is 0 Å². The van der Waals surface area contributed by atoms with Crippen LogP contribution in [0.5, 0.6) is 0 Å². The van der Waals surface area contributed by atoms with Crippen LogP contribution in [0.25, 0.3) is 0 Å². The first-order chi connectivity index (χ1) is 6.25. The topological polar surface area (TPSA) is 29.5 Å². The molecule has 1 N–H and O–H groups in total. The molecule has 78 valence electrons. The molecule has 1 fully saturated rings. The summed E-state index contributed by atoms with van der Waals surface area (Å²) in [5.41, 5.74) is 0. The van der Waals surface area contributed by atoms with Crippen LogP contribution >= 0.6 is 0 Å². The first-order valence-corrected chi connectivity index (χ1v) is 5.19. The molecule has 0 spiro atoms. The van der Waals surface area contributed by atoms with Gasteiger partial charge in [-0.3, -0.25) is 0 Å². The predicted octanol–water partition coefficient (Wildman–Crippen LogP) is 2.05. The Labute approximate surface area is 79.1 Å². The normalized spacial score (nSPS) is 34.8. The maximum atomic E-state index is 13.0. The molecule has 1 saturated carbocycles. The van der Waals surface area contributed by atoms with Gasteiger partial charge in [0.2, 0.25) is 0 Å². The van der Waals surface area contributed by atoms with Gasteiger partial charge < -0.3 is 9.84 Å². The van der Waals surface area contributed by atoms with Crippen molar-refractivity contribution in [2.24, 2.45) is 0 Å². The molecule has 0 bridgehead atoms. The summed E-state index contributed by atoms with van der Waals surface area (Å²) in [6.45, 7) is 2.73. The van der Waals surface area contributed by atoms with Gasteiger partial charge in [0, 0.05) is 6.61 Å². The molecule has 0 heterocycles. The highest BCUT2D eigenvalue weighted by molar-refractivity contribution is 4.82. The zero-order valence-corrected chi connectivity index (χ0v) is 8.21. The maximum absolute atomic E-state index is 13.0. The van der Waals surface area contributed by atoms with E-state index in [4.69, 9.17) is 4.74 Å². The smallest absolute Gasteiger partial charge is 0.128 e. The van der Waals surface area contributed by atoms with E-state index in [9.17, 15) is 9.50 Å². The van der Waals surface area contributed by atoms with Gasteiger partial charge >= 0.3 is 0 Å². The van der Waals surface area contributed by atoms with E-state index in [1.807, 2.05) is 0 Å². The number of hydrogen-bond acceptors (Lipinski definition) is 2. The van der Waals surface area contributed by atoms with Crippen LogP contribution in [0.15, 0.2) is 0 Å². The standard InChI is InChI=1S/C10H19FO2/c1-2-3-7-13-9-6-4-5-8(11)10(9)12/h8-10,12H,2-7H2,1H3/t8-,9+,10-/m1/s1. The van der Waals surface area contributed by atoms with Gasteiger partial charge in [-0.1, -0.05) is 13.3 Å². The van der Waals surface area contributed by atoms with E-state index in [0.717, 1.165) is 25.7 Å². The second-order valence-corrected chi connectivity index (χ2v) is 3.70. The Morgan fingerprint density at radius 2 is 2.23 bits per heavy atom. The van der Waals surface area contributed by atoms with E-state index in [0.29, 0.717) is 13.0 Å². The molecule has 0 amide bonds. The van der Waals surface area contributed by atoms with Gasteiger partial charge in [-0.2, -0.15) is 0 Å². The molecule has 0 aromatic carbocycles. The monoisotopic (exact) mass is 190 g/mol. The predicted molar refractivity (Wildman–Crippen MR) is 49.4 cm³/mol. The van der Waals surface area contributed by atoms with Gasteiger partial charge in [-0.25, -0.2) is 4.39 Å². The first-order valence-electron chi connectivity index (χ1n) is 5.19. The minimum atomic E-state index is -1.08. The van der Waals surface area contributed by atoms with Crippen molar-refractivity contribution < 1.29 is 14.2 Å². The summed E-state index contributed by atoms with van der Waals surface area (Å²) in [5, 5.41) is 9.44. The van der Waals surface area contributed by atoms with Gasteiger partial charge in [-0.05, 0) is 25.7 Å². The summed E-state index contributed by atoms with van der Waals surface area (Å²) in [4.78, 5) is 0. The molecular weight excluding hydrogens is 171 g/mol. The number of unbranched alkanes of at least 4 members (excludes halogenated alkanes) is 1. The van der Waals surface area contributed by atoms with Crippen molar-refractivity contribution in [1.29, 1.82) is 0 Å². The van der Waals surface area contributed by atoms with Crippen molar-refractivity contribution in [2.75, 3.05) is 6.61 Å². The van der Waals surface area contributed by atoms with Crippen LogP contribution in [-0.4, -0.2) is 30.1 Å². The lowest BCUT2D eigenvalue weighted by molar-refractivity contribution is -0.0915. The summed E-state index contributed by atoms with van der Waals surface area (Å²) < 4.78 is 18.4. The summed E-state index contributed by atoms with van der Waals surface area (Å²) >= 11 is 0. The number of halogens is 1. The van der Waals surface area contributed by atoms with Crippen LogP contribution in [0.3, 0.4) is 0 Å². The molecule has 13 heavy (non-hydrogen) atoms. The molecule has 2 nitrogen and oxygen atoms in total. The third-order valence-corrected chi connectivity index (χ3v) is 2.55. The largest absolute Gasteiger partial charge is 0.387 e. The SMILES string of the molecule is CCCCO[C@H]1CCC[C@@H](F)[C@H]1O. The van der Waals surface area contributed by atoms with E-state index in [2.05, 4.69) is 6.92 Å². The summed E-state index contributed by atoms with van der Waals surface area (Å²) in [5.74, 6) is 0. The molecule has 0 aromatic rings. The first kappa shape index (κ1) is 10.9. The highest BCUT2D eigenvalue weighted by Gasteiger charge is 2.32. The number of rotatable bonds is 4. The zero-order valence-electron chi connectivity index (χ0n) is 8.21. The van der Waals surface area contributed by atoms with E-state index in [-0.39, 0.29) is 6.10 Å². The van der Waals surface area contributed by atoms with Gasteiger partial charge in [-0.15, -0.1) is 0 Å². The van der Waals surface area contributed by atoms with Crippen LogP contribution < -0.4 is 0 Å². The Hall–Kier alpha value is -0.150. The highest BCUT2D eigenvalue weighted by Crippen LogP contribution is 2.24. The number of aliphatic hydroxyl groups excluding tert-OH is 1. The van der Waals surface area contributed by atoms with Crippen molar-refractivity contribution in [3.8, 4) is 0 Å². The van der Waals surface area contributed by atoms with Crippen molar-refractivity contribution in [3.63, 3.8) is 0 Å². The minimum absolute atomic E-state index is 0.268. The van der Waals surface area contributed by atoms with Gasteiger partial charge in [0.15, 0.2) is 0 Å². The van der Waals surface area contributed by atoms with Crippen LogP contribution in [0.1, 0.15) is 39.0 Å². The fourth-order valence-corrected chi connectivity index (χ4v) is 1.65. The molecule has 0 aromatic heterocycles. The fourth-order valence-electron chi connectivity index (χ4n) is 1.65. The van der Waals surface area contributed by atoms with Crippen LogP contribution in [0.2, 0.25) is 0 Å². The van der Waals surface area contributed by atoms with Crippen molar-refractivity contribution >= 4 is 0 Å². The zero-order chi connectivity index (χ0) is 9.68. The van der Waals surface area contributed by atoms with Crippen molar-refractivity contribution in [3.05, 3.63) is 0 Å². The fraction of sp³-hybridized carbons (Fsp3) is 1.00. The lowest BCUT2D eigenvalue weighted by Gasteiger charge is -2.30. The number of hydrogen-bond donors (Lipinski definition) is 1. The summed E-state index contributed by atoms with van der Waals surface area (Å²) in [7, 11) is 0. The number of alkyl halides is 1. The second-order valence-electron chi connectivity index (χ2n) is 3.70. The Balaban J connectivity index is 2.23. The van der Waals surface area contributed by atoms with E-state index in [1.165, 1.54) is 0 Å². The maximum Gasteiger partial charge on any atom is 0.128 e. The van der Waals surface area contributed by atoms with Crippen LogP contribution in [0.4, 0.5) is 4.39 Å².